The van der Waals surface area contributed by atoms with Crippen molar-refractivity contribution in [1.82, 2.24) is 9.80 Å². The van der Waals surface area contributed by atoms with Crippen molar-refractivity contribution in [1.29, 1.82) is 0 Å². The molecular formula is C15H21ClN4O3. The topological polar surface area (TPSA) is 78.7 Å². The molecule has 0 unspecified atom stereocenters. The smallest absolute Gasteiger partial charge is 0.289 e. The van der Waals surface area contributed by atoms with E-state index in [0.29, 0.717) is 5.69 Å². The summed E-state index contributed by atoms with van der Waals surface area (Å²) in [5, 5.41) is 13.6. The summed E-state index contributed by atoms with van der Waals surface area (Å²) in [6, 6.07) is 4.25. The summed E-state index contributed by atoms with van der Waals surface area (Å²) in [5.41, 5.74) is 0.174. The molecule has 1 amide bonds. The van der Waals surface area contributed by atoms with Gasteiger partial charge in [-0.25, -0.2) is 0 Å². The normalized spacial score (nSPS) is 16.3. The summed E-state index contributed by atoms with van der Waals surface area (Å²) in [7, 11) is 0. The number of piperazine rings is 1. The minimum Gasteiger partial charge on any atom is -0.325 e. The van der Waals surface area contributed by atoms with Crippen molar-refractivity contribution in [3.63, 3.8) is 0 Å². The lowest BCUT2D eigenvalue weighted by atomic mass is 10.2. The second-order valence-electron chi connectivity index (χ2n) is 5.59. The number of nitro groups is 1. The zero-order valence-corrected chi connectivity index (χ0v) is 13.9. The van der Waals surface area contributed by atoms with Crippen molar-refractivity contribution >= 4 is 28.9 Å². The van der Waals surface area contributed by atoms with Crippen LogP contribution in [0.5, 0.6) is 0 Å². The third-order valence-corrected chi connectivity index (χ3v) is 4.12. The van der Waals surface area contributed by atoms with E-state index in [1.807, 2.05) is 0 Å². The van der Waals surface area contributed by atoms with Gasteiger partial charge in [-0.2, -0.15) is 0 Å². The SMILES string of the molecule is CCCN1CCN(CC(=O)Nc2ccc(Cl)c([N+](=O)[O-])c2)CC1. The molecule has 23 heavy (non-hydrogen) atoms. The van der Waals surface area contributed by atoms with Gasteiger partial charge in [0, 0.05) is 37.9 Å². The lowest BCUT2D eigenvalue weighted by Gasteiger charge is -2.34. The largest absolute Gasteiger partial charge is 0.325 e. The fourth-order valence-corrected chi connectivity index (χ4v) is 2.81. The Bertz CT molecular complexity index is 574. The van der Waals surface area contributed by atoms with Gasteiger partial charge in [-0.15, -0.1) is 0 Å². The van der Waals surface area contributed by atoms with Gasteiger partial charge >= 0.3 is 0 Å². The van der Waals surface area contributed by atoms with E-state index in [0.717, 1.165) is 39.1 Å². The van der Waals surface area contributed by atoms with Gasteiger partial charge < -0.3 is 10.2 Å². The molecule has 1 saturated heterocycles. The first-order chi connectivity index (χ1) is 11.0. The van der Waals surface area contributed by atoms with Gasteiger partial charge in [0.05, 0.1) is 11.5 Å². The maximum Gasteiger partial charge on any atom is 0.289 e. The van der Waals surface area contributed by atoms with E-state index in [1.54, 1.807) is 6.07 Å². The summed E-state index contributed by atoms with van der Waals surface area (Å²) < 4.78 is 0. The van der Waals surface area contributed by atoms with Crippen molar-refractivity contribution in [3.05, 3.63) is 33.3 Å². The molecule has 1 N–H and O–H groups in total. The van der Waals surface area contributed by atoms with Gasteiger partial charge in [0.1, 0.15) is 5.02 Å². The van der Waals surface area contributed by atoms with Gasteiger partial charge in [-0.1, -0.05) is 18.5 Å². The Kier molecular flexibility index (Phi) is 6.32. The number of hydrogen-bond donors (Lipinski definition) is 1. The number of rotatable bonds is 6. The number of benzene rings is 1. The highest BCUT2D eigenvalue weighted by Crippen LogP contribution is 2.27. The van der Waals surface area contributed by atoms with E-state index in [9.17, 15) is 14.9 Å². The average Bonchev–Trinajstić information content (AvgIpc) is 2.51. The standard InChI is InChI=1S/C15H21ClN4O3/c1-2-5-18-6-8-19(9-7-18)11-15(21)17-12-3-4-13(16)14(10-12)20(22)23/h3-4,10H,2,5-9,11H2,1H3,(H,17,21). The molecule has 0 saturated carbocycles. The van der Waals surface area contributed by atoms with E-state index in [-0.39, 0.29) is 23.2 Å². The number of nitrogens with zero attached hydrogens (tertiary/aromatic N) is 3. The quantitative estimate of drug-likeness (QED) is 0.634. The number of anilines is 1. The molecule has 0 spiro atoms. The molecule has 0 aliphatic carbocycles. The fraction of sp³-hybridized carbons (Fsp3) is 0.533. The van der Waals surface area contributed by atoms with Crippen LogP contribution in [-0.2, 0) is 4.79 Å². The lowest BCUT2D eigenvalue weighted by molar-refractivity contribution is -0.384. The number of carbonyl (C=O) groups excluding carboxylic acids is 1. The monoisotopic (exact) mass is 340 g/mol. The number of carbonyl (C=O) groups is 1. The van der Waals surface area contributed by atoms with Crippen molar-refractivity contribution in [2.45, 2.75) is 13.3 Å². The Balaban J connectivity index is 1.86. The predicted molar refractivity (Wildman–Crippen MR) is 89.9 cm³/mol. The Hall–Kier alpha value is -1.70. The molecule has 1 aliphatic heterocycles. The van der Waals surface area contributed by atoms with Crippen molar-refractivity contribution in [3.8, 4) is 0 Å². The fourth-order valence-electron chi connectivity index (χ4n) is 2.62. The molecule has 2 rings (SSSR count). The van der Waals surface area contributed by atoms with Crippen LogP contribution < -0.4 is 5.32 Å². The van der Waals surface area contributed by atoms with Crippen LogP contribution in [0.2, 0.25) is 5.02 Å². The maximum atomic E-state index is 12.1. The summed E-state index contributed by atoms with van der Waals surface area (Å²) in [5.74, 6) is -0.175. The van der Waals surface area contributed by atoms with Crippen LogP contribution in [0, 0.1) is 10.1 Å². The van der Waals surface area contributed by atoms with Gasteiger partial charge in [0.2, 0.25) is 5.91 Å². The number of amides is 1. The van der Waals surface area contributed by atoms with E-state index in [4.69, 9.17) is 11.6 Å². The van der Waals surface area contributed by atoms with Crippen LogP contribution in [0.4, 0.5) is 11.4 Å². The Labute approximate surface area is 140 Å². The first-order valence-electron chi connectivity index (χ1n) is 7.68. The van der Waals surface area contributed by atoms with Crippen molar-refractivity contribution in [2.24, 2.45) is 0 Å². The van der Waals surface area contributed by atoms with Crippen LogP contribution in [0.3, 0.4) is 0 Å². The third kappa shape index (κ3) is 5.16. The highest BCUT2D eigenvalue weighted by molar-refractivity contribution is 6.32. The minimum absolute atomic E-state index is 0.0556. The summed E-state index contributed by atoms with van der Waals surface area (Å²) in [6.07, 6.45) is 1.13. The van der Waals surface area contributed by atoms with Crippen molar-refractivity contribution < 1.29 is 9.72 Å². The van der Waals surface area contributed by atoms with E-state index in [2.05, 4.69) is 22.0 Å². The van der Waals surface area contributed by atoms with Crippen LogP contribution >= 0.6 is 11.6 Å². The maximum absolute atomic E-state index is 12.1. The van der Waals surface area contributed by atoms with E-state index in [1.165, 1.54) is 12.1 Å². The molecule has 0 radical (unpaired) electrons. The van der Waals surface area contributed by atoms with Crippen LogP contribution in [0.25, 0.3) is 0 Å². The zero-order chi connectivity index (χ0) is 16.8. The molecule has 1 aromatic rings. The minimum atomic E-state index is -0.565. The van der Waals surface area contributed by atoms with Gasteiger partial charge in [0.15, 0.2) is 0 Å². The second kappa shape index (κ2) is 8.24. The first kappa shape index (κ1) is 17.7. The zero-order valence-electron chi connectivity index (χ0n) is 13.1. The highest BCUT2D eigenvalue weighted by Gasteiger charge is 2.19. The molecule has 1 heterocycles. The molecule has 0 bridgehead atoms. The summed E-state index contributed by atoms with van der Waals surface area (Å²) in [6.45, 7) is 7.18. The van der Waals surface area contributed by atoms with Crippen LogP contribution in [0.15, 0.2) is 18.2 Å². The predicted octanol–water partition coefficient (Wildman–Crippen LogP) is 2.21. The molecular weight excluding hydrogens is 320 g/mol. The Morgan fingerprint density at radius 1 is 1.30 bits per heavy atom. The first-order valence-corrected chi connectivity index (χ1v) is 8.06. The molecule has 8 heteroatoms. The van der Waals surface area contributed by atoms with Gasteiger partial charge in [0.25, 0.3) is 5.69 Å². The van der Waals surface area contributed by atoms with Crippen LogP contribution in [-0.4, -0.2) is 59.9 Å². The summed E-state index contributed by atoms with van der Waals surface area (Å²) in [4.78, 5) is 26.9. The number of halogens is 1. The number of hydrogen-bond acceptors (Lipinski definition) is 5. The molecule has 1 fully saturated rings. The highest BCUT2D eigenvalue weighted by atomic mass is 35.5. The van der Waals surface area contributed by atoms with Gasteiger partial charge in [-0.3, -0.25) is 19.8 Å². The van der Waals surface area contributed by atoms with E-state index >= 15 is 0 Å². The molecule has 7 nitrogen and oxygen atoms in total. The average molecular weight is 341 g/mol. The molecule has 0 atom stereocenters. The number of nitro benzene ring substituents is 1. The molecule has 126 valence electrons. The third-order valence-electron chi connectivity index (χ3n) is 3.80. The van der Waals surface area contributed by atoms with E-state index < -0.39 is 4.92 Å². The molecule has 0 aromatic heterocycles. The van der Waals surface area contributed by atoms with Gasteiger partial charge in [-0.05, 0) is 25.1 Å². The second-order valence-corrected chi connectivity index (χ2v) is 6.00. The van der Waals surface area contributed by atoms with Crippen molar-refractivity contribution in [2.75, 3.05) is 44.6 Å². The summed E-state index contributed by atoms with van der Waals surface area (Å²) >= 11 is 5.76. The molecule has 1 aromatic carbocycles. The number of nitrogens with one attached hydrogen (secondary N) is 1. The Morgan fingerprint density at radius 3 is 2.57 bits per heavy atom. The Morgan fingerprint density at radius 2 is 1.96 bits per heavy atom. The lowest BCUT2D eigenvalue weighted by Crippen LogP contribution is -2.48. The molecule has 1 aliphatic rings. The van der Waals surface area contributed by atoms with Crippen LogP contribution in [0.1, 0.15) is 13.3 Å².